The van der Waals surface area contributed by atoms with Crippen LogP contribution in [0.2, 0.25) is 0 Å². The molecule has 2 aliphatic heterocycles. The lowest BCUT2D eigenvalue weighted by atomic mass is 9.93. The quantitative estimate of drug-likeness (QED) is 0.642. The molecule has 4 fully saturated rings. The Morgan fingerprint density at radius 2 is 1.87 bits per heavy atom. The van der Waals surface area contributed by atoms with E-state index in [9.17, 15) is 0 Å². The summed E-state index contributed by atoms with van der Waals surface area (Å²) in [4.78, 5) is 5.48. The summed E-state index contributed by atoms with van der Waals surface area (Å²) >= 11 is 0. The van der Waals surface area contributed by atoms with Crippen molar-refractivity contribution in [1.82, 2.24) is 9.80 Å². The Morgan fingerprint density at radius 3 is 2.40 bits per heavy atom. The molecule has 4 bridgehead atoms. The fourth-order valence-electron chi connectivity index (χ4n) is 4.92. The minimum absolute atomic E-state index is 0.897. The lowest BCUT2D eigenvalue weighted by Crippen LogP contribution is -2.50. The van der Waals surface area contributed by atoms with Gasteiger partial charge in [0.2, 0.25) is 0 Å². The summed E-state index contributed by atoms with van der Waals surface area (Å²) in [6.07, 6.45) is 7.65. The second-order valence-corrected chi connectivity index (χ2v) is 6.42. The SMILES string of the molecule is CN1C[C@@H]2C[C@H]1CN2C1CC2CCC1C2. The number of fused-ring (bicyclic) bond motifs is 4. The van der Waals surface area contributed by atoms with E-state index in [0.29, 0.717) is 0 Å². The summed E-state index contributed by atoms with van der Waals surface area (Å²) < 4.78 is 0. The summed E-state index contributed by atoms with van der Waals surface area (Å²) in [5.41, 5.74) is 0. The molecule has 4 rings (SSSR count). The lowest BCUT2D eigenvalue weighted by molar-refractivity contribution is 0.0772. The van der Waals surface area contributed by atoms with Gasteiger partial charge in [-0.25, -0.2) is 0 Å². The van der Waals surface area contributed by atoms with E-state index in [2.05, 4.69) is 16.8 Å². The van der Waals surface area contributed by atoms with Gasteiger partial charge in [0, 0.05) is 31.2 Å². The van der Waals surface area contributed by atoms with Gasteiger partial charge in [0.15, 0.2) is 0 Å². The third-order valence-electron chi connectivity index (χ3n) is 5.68. The van der Waals surface area contributed by atoms with Gasteiger partial charge in [-0.2, -0.15) is 0 Å². The summed E-state index contributed by atoms with van der Waals surface area (Å²) in [7, 11) is 2.31. The van der Waals surface area contributed by atoms with Crippen molar-refractivity contribution in [2.24, 2.45) is 11.8 Å². The highest BCUT2D eigenvalue weighted by Gasteiger charge is 2.50. The topological polar surface area (TPSA) is 6.48 Å². The molecule has 2 aliphatic carbocycles. The predicted octanol–water partition coefficient (Wildman–Crippen LogP) is 1.56. The highest BCUT2D eigenvalue weighted by Crippen LogP contribution is 2.49. The van der Waals surface area contributed by atoms with Gasteiger partial charge in [-0.1, -0.05) is 6.42 Å². The molecule has 0 aromatic heterocycles. The minimum Gasteiger partial charge on any atom is -0.301 e. The standard InChI is InChI=1S/C13H22N2/c1-14-7-12-6-11(14)8-15(12)13-5-9-2-3-10(13)4-9/h9-13H,2-8H2,1H3/t9?,10?,11-,12-,13?/m0/s1. The van der Waals surface area contributed by atoms with Crippen LogP contribution in [0, 0.1) is 11.8 Å². The molecule has 0 aromatic rings. The van der Waals surface area contributed by atoms with E-state index in [1.54, 1.807) is 19.3 Å². The molecule has 0 N–H and O–H groups in total. The maximum atomic E-state index is 2.90. The first-order valence-corrected chi connectivity index (χ1v) is 6.77. The van der Waals surface area contributed by atoms with Gasteiger partial charge in [-0.3, -0.25) is 4.90 Å². The Morgan fingerprint density at radius 1 is 0.933 bits per heavy atom. The number of hydrogen-bond acceptors (Lipinski definition) is 2. The van der Waals surface area contributed by atoms with Crippen LogP contribution in [-0.2, 0) is 0 Å². The zero-order valence-electron chi connectivity index (χ0n) is 9.73. The van der Waals surface area contributed by atoms with Crippen LogP contribution in [0.15, 0.2) is 0 Å². The average molecular weight is 206 g/mol. The average Bonchev–Trinajstić information content (AvgIpc) is 2.94. The fraction of sp³-hybridized carbons (Fsp3) is 1.00. The van der Waals surface area contributed by atoms with Gasteiger partial charge in [0.05, 0.1) is 0 Å². The zero-order valence-corrected chi connectivity index (χ0v) is 9.73. The molecule has 15 heavy (non-hydrogen) atoms. The number of likely N-dealkylation sites (tertiary alicyclic amines) is 2. The Hall–Kier alpha value is -0.0800. The van der Waals surface area contributed by atoms with E-state index in [1.807, 2.05) is 0 Å². The molecule has 84 valence electrons. The maximum absolute atomic E-state index is 2.90. The molecule has 0 aromatic carbocycles. The number of hydrogen-bond donors (Lipinski definition) is 0. The normalized spacial score (nSPS) is 54.6. The van der Waals surface area contributed by atoms with Crippen LogP contribution in [0.5, 0.6) is 0 Å². The zero-order chi connectivity index (χ0) is 9.99. The van der Waals surface area contributed by atoms with Crippen molar-refractivity contribution in [3.05, 3.63) is 0 Å². The van der Waals surface area contributed by atoms with Crippen molar-refractivity contribution in [3.8, 4) is 0 Å². The van der Waals surface area contributed by atoms with Gasteiger partial charge >= 0.3 is 0 Å². The van der Waals surface area contributed by atoms with Gasteiger partial charge in [-0.15, -0.1) is 0 Å². The number of likely N-dealkylation sites (N-methyl/N-ethyl adjacent to an activating group) is 1. The van der Waals surface area contributed by atoms with Gasteiger partial charge < -0.3 is 4.90 Å². The molecular weight excluding hydrogens is 184 g/mol. The van der Waals surface area contributed by atoms with Gasteiger partial charge in [-0.05, 0) is 44.6 Å². The van der Waals surface area contributed by atoms with Crippen LogP contribution >= 0.6 is 0 Å². The second-order valence-electron chi connectivity index (χ2n) is 6.42. The second kappa shape index (κ2) is 2.98. The van der Waals surface area contributed by atoms with Crippen molar-refractivity contribution in [1.29, 1.82) is 0 Å². The molecule has 0 spiro atoms. The van der Waals surface area contributed by atoms with Crippen LogP contribution in [0.3, 0.4) is 0 Å². The minimum atomic E-state index is 0.897. The fourth-order valence-corrected chi connectivity index (χ4v) is 4.92. The van der Waals surface area contributed by atoms with Crippen molar-refractivity contribution >= 4 is 0 Å². The van der Waals surface area contributed by atoms with Crippen LogP contribution < -0.4 is 0 Å². The summed E-state index contributed by atoms with van der Waals surface area (Å²) in [6, 6.07) is 2.81. The molecule has 2 heterocycles. The highest BCUT2D eigenvalue weighted by molar-refractivity contribution is 5.05. The van der Waals surface area contributed by atoms with Crippen molar-refractivity contribution in [2.45, 2.75) is 50.2 Å². The lowest BCUT2D eigenvalue weighted by Gasteiger charge is -2.39. The van der Waals surface area contributed by atoms with Crippen molar-refractivity contribution < 1.29 is 0 Å². The molecule has 2 saturated heterocycles. The Balaban J connectivity index is 1.52. The third kappa shape index (κ3) is 1.18. The molecule has 0 radical (unpaired) electrons. The molecule has 2 saturated carbocycles. The molecule has 3 unspecified atom stereocenters. The first kappa shape index (κ1) is 9.00. The molecule has 2 heteroatoms. The smallest absolute Gasteiger partial charge is 0.0242 e. The summed E-state index contributed by atoms with van der Waals surface area (Å²) in [6.45, 7) is 2.73. The Kier molecular flexibility index (Phi) is 1.79. The molecule has 2 nitrogen and oxygen atoms in total. The summed E-state index contributed by atoms with van der Waals surface area (Å²) in [5.74, 6) is 2.19. The van der Waals surface area contributed by atoms with Crippen molar-refractivity contribution in [2.75, 3.05) is 20.1 Å². The highest BCUT2D eigenvalue weighted by atomic mass is 15.4. The van der Waals surface area contributed by atoms with Crippen LogP contribution in [0.25, 0.3) is 0 Å². The number of piperazine rings is 1. The Bertz CT molecular complexity index is 276. The van der Waals surface area contributed by atoms with Gasteiger partial charge in [0.25, 0.3) is 0 Å². The van der Waals surface area contributed by atoms with E-state index < -0.39 is 0 Å². The first-order valence-electron chi connectivity index (χ1n) is 6.77. The van der Waals surface area contributed by atoms with Crippen LogP contribution in [0.4, 0.5) is 0 Å². The number of rotatable bonds is 1. The molecule has 4 aliphatic rings. The van der Waals surface area contributed by atoms with Gasteiger partial charge in [0.1, 0.15) is 0 Å². The first-order chi connectivity index (χ1) is 7.31. The largest absolute Gasteiger partial charge is 0.301 e. The van der Waals surface area contributed by atoms with E-state index in [1.165, 1.54) is 25.9 Å². The van der Waals surface area contributed by atoms with E-state index in [-0.39, 0.29) is 0 Å². The molecule has 5 atom stereocenters. The summed E-state index contributed by atoms with van der Waals surface area (Å²) in [5, 5.41) is 0. The Labute approximate surface area is 92.6 Å². The van der Waals surface area contributed by atoms with Crippen molar-refractivity contribution in [3.63, 3.8) is 0 Å². The van der Waals surface area contributed by atoms with E-state index in [4.69, 9.17) is 0 Å². The number of nitrogens with zero attached hydrogens (tertiary/aromatic N) is 2. The van der Waals surface area contributed by atoms with E-state index >= 15 is 0 Å². The monoisotopic (exact) mass is 206 g/mol. The maximum Gasteiger partial charge on any atom is 0.0242 e. The molecule has 0 amide bonds. The van der Waals surface area contributed by atoms with Crippen LogP contribution in [-0.4, -0.2) is 48.1 Å². The molecular formula is C13H22N2. The van der Waals surface area contributed by atoms with E-state index in [0.717, 1.165) is 30.0 Å². The predicted molar refractivity (Wildman–Crippen MR) is 60.8 cm³/mol. The van der Waals surface area contributed by atoms with Crippen LogP contribution in [0.1, 0.15) is 32.1 Å². The third-order valence-corrected chi connectivity index (χ3v) is 5.68.